The fourth-order valence-electron chi connectivity index (χ4n) is 4.00. The van der Waals surface area contributed by atoms with E-state index in [9.17, 15) is 4.79 Å². The molecule has 148 valence electrons. The molecule has 2 aliphatic heterocycles. The van der Waals surface area contributed by atoms with Crippen LogP contribution in [0.25, 0.3) is 0 Å². The lowest BCUT2D eigenvalue weighted by molar-refractivity contribution is 0.192. The van der Waals surface area contributed by atoms with E-state index in [0.29, 0.717) is 19.6 Å². The van der Waals surface area contributed by atoms with Crippen LogP contribution in [0.15, 0.2) is 24.3 Å². The van der Waals surface area contributed by atoms with Crippen LogP contribution in [0.3, 0.4) is 0 Å². The summed E-state index contributed by atoms with van der Waals surface area (Å²) >= 11 is 0. The Balaban J connectivity index is 1.64. The summed E-state index contributed by atoms with van der Waals surface area (Å²) < 4.78 is 0. The van der Waals surface area contributed by atoms with Crippen molar-refractivity contribution >= 4 is 17.8 Å². The smallest absolute Gasteiger partial charge is 0.317 e. The zero-order valence-corrected chi connectivity index (χ0v) is 16.9. The van der Waals surface area contributed by atoms with Crippen molar-refractivity contribution in [1.29, 1.82) is 0 Å². The first-order valence-corrected chi connectivity index (χ1v) is 9.98. The first kappa shape index (κ1) is 18.5. The van der Waals surface area contributed by atoms with Crippen LogP contribution in [-0.4, -0.2) is 54.6 Å². The fraction of sp³-hybridized carbons (Fsp3) is 0.476. The molecule has 0 saturated heterocycles. The molecule has 7 heteroatoms. The summed E-state index contributed by atoms with van der Waals surface area (Å²) in [4.78, 5) is 28.2. The van der Waals surface area contributed by atoms with E-state index in [-0.39, 0.29) is 6.03 Å². The maximum Gasteiger partial charge on any atom is 0.317 e. The Hall–Kier alpha value is -2.83. The van der Waals surface area contributed by atoms with E-state index in [0.717, 1.165) is 49.0 Å². The largest absolute Gasteiger partial charge is 0.362 e. The van der Waals surface area contributed by atoms with Crippen molar-refractivity contribution < 1.29 is 4.79 Å². The Morgan fingerprint density at radius 2 is 1.89 bits per heavy atom. The molecule has 1 aromatic carbocycles. The summed E-state index contributed by atoms with van der Waals surface area (Å²) in [6.07, 6.45) is 1.77. The van der Waals surface area contributed by atoms with Gasteiger partial charge < -0.3 is 20.0 Å². The highest BCUT2D eigenvalue weighted by atomic mass is 16.2. The molecule has 0 unspecified atom stereocenters. The van der Waals surface area contributed by atoms with Gasteiger partial charge in [0.05, 0.1) is 12.2 Å². The number of amides is 2. The van der Waals surface area contributed by atoms with Crippen molar-refractivity contribution in [3.8, 4) is 0 Å². The van der Waals surface area contributed by atoms with E-state index in [1.807, 2.05) is 30.8 Å². The van der Waals surface area contributed by atoms with E-state index < -0.39 is 0 Å². The Morgan fingerprint density at radius 1 is 1.11 bits per heavy atom. The van der Waals surface area contributed by atoms with Crippen molar-refractivity contribution in [1.82, 2.24) is 20.2 Å². The lowest BCUT2D eigenvalue weighted by Crippen LogP contribution is -2.43. The second kappa shape index (κ2) is 7.66. The maximum atomic E-state index is 12.3. The number of nitrogens with one attached hydrogen (secondary N) is 1. The highest BCUT2D eigenvalue weighted by Crippen LogP contribution is 2.30. The zero-order chi connectivity index (χ0) is 19.7. The van der Waals surface area contributed by atoms with Crippen molar-refractivity contribution in [3.05, 3.63) is 46.6 Å². The van der Waals surface area contributed by atoms with Gasteiger partial charge in [-0.15, -0.1) is 0 Å². The standard InChI is InChI=1S/C21H28N6O/c1-4-22-21(28)27-12-10-18-17(14-27)19(25(2)3)24-20(23-18)26-11-9-15-7-5-6-8-16(15)13-26/h5-8H,4,9-14H2,1-3H3,(H,22,28). The predicted octanol–water partition coefficient (Wildman–Crippen LogP) is 2.19. The number of hydrogen-bond acceptors (Lipinski definition) is 5. The van der Waals surface area contributed by atoms with E-state index >= 15 is 0 Å². The second-order valence-electron chi connectivity index (χ2n) is 7.61. The van der Waals surface area contributed by atoms with Gasteiger partial charge in [-0.25, -0.2) is 9.78 Å². The number of fused-ring (bicyclic) bond motifs is 2. The van der Waals surface area contributed by atoms with Crippen LogP contribution in [0.1, 0.15) is 29.3 Å². The molecule has 2 amide bonds. The number of carbonyl (C=O) groups is 1. The summed E-state index contributed by atoms with van der Waals surface area (Å²) in [7, 11) is 4.01. The molecule has 7 nitrogen and oxygen atoms in total. The monoisotopic (exact) mass is 380 g/mol. The number of benzene rings is 1. The van der Waals surface area contributed by atoms with Gasteiger partial charge in [0.1, 0.15) is 5.82 Å². The third kappa shape index (κ3) is 3.48. The zero-order valence-electron chi connectivity index (χ0n) is 16.9. The average Bonchev–Trinajstić information content (AvgIpc) is 2.72. The highest BCUT2D eigenvalue weighted by Gasteiger charge is 2.28. The van der Waals surface area contributed by atoms with E-state index in [4.69, 9.17) is 9.97 Å². The Labute approximate surface area is 166 Å². The van der Waals surface area contributed by atoms with Gasteiger partial charge in [-0.1, -0.05) is 24.3 Å². The van der Waals surface area contributed by atoms with Crippen molar-refractivity contribution in [2.24, 2.45) is 0 Å². The molecule has 2 aliphatic rings. The quantitative estimate of drug-likeness (QED) is 0.884. The van der Waals surface area contributed by atoms with Gasteiger partial charge in [-0.2, -0.15) is 4.98 Å². The van der Waals surface area contributed by atoms with Gasteiger partial charge in [0.25, 0.3) is 0 Å². The molecule has 2 aromatic rings. The molecule has 1 N–H and O–H groups in total. The Morgan fingerprint density at radius 3 is 2.64 bits per heavy atom. The third-order valence-corrected chi connectivity index (χ3v) is 5.48. The molecular weight excluding hydrogens is 352 g/mol. The van der Waals surface area contributed by atoms with Crippen LogP contribution in [0.5, 0.6) is 0 Å². The summed E-state index contributed by atoms with van der Waals surface area (Å²) in [5, 5.41) is 2.89. The molecule has 0 radical (unpaired) electrons. The second-order valence-corrected chi connectivity index (χ2v) is 7.61. The van der Waals surface area contributed by atoms with Crippen molar-refractivity contribution in [3.63, 3.8) is 0 Å². The third-order valence-electron chi connectivity index (χ3n) is 5.48. The minimum Gasteiger partial charge on any atom is -0.362 e. The molecule has 0 fully saturated rings. The molecule has 0 saturated carbocycles. The first-order valence-electron chi connectivity index (χ1n) is 9.98. The van der Waals surface area contributed by atoms with E-state index in [1.54, 1.807) is 0 Å². The van der Waals surface area contributed by atoms with E-state index in [2.05, 4.69) is 34.5 Å². The van der Waals surface area contributed by atoms with Crippen LogP contribution in [0, 0.1) is 0 Å². The molecule has 3 heterocycles. The van der Waals surface area contributed by atoms with Gasteiger partial charge in [0.15, 0.2) is 0 Å². The lowest BCUT2D eigenvalue weighted by Gasteiger charge is -2.33. The van der Waals surface area contributed by atoms with Crippen molar-refractivity contribution in [2.45, 2.75) is 32.9 Å². The number of urea groups is 1. The molecule has 1 aromatic heterocycles. The average molecular weight is 380 g/mol. The normalized spacial score (nSPS) is 15.7. The fourth-order valence-corrected chi connectivity index (χ4v) is 4.00. The molecule has 0 spiro atoms. The van der Waals surface area contributed by atoms with Gasteiger partial charge >= 0.3 is 6.03 Å². The number of rotatable bonds is 3. The molecule has 4 rings (SSSR count). The topological polar surface area (TPSA) is 64.6 Å². The Bertz CT molecular complexity index is 881. The highest BCUT2D eigenvalue weighted by molar-refractivity contribution is 5.75. The number of carbonyl (C=O) groups excluding carboxylic acids is 1. The molecular formula is C21H28N6O. The van der Waals surface area contributed by atoms with Gasteiger partial charge in [-0.3, -0.25) is 0 Å². The first-order chi connectivity index (χ1) is 13.6. The molecule has 0 aliphatic carbocycles. The number of anilines is 2. The lowest BCUT2D eigenvalue weighted by atomic mass is 10.0. The number of aromatic nitrogens is 2. The SMILES string of the molecule is CCNC(=O)N1CCc2nc(N3CCc4ccccc4C3)nc(N(C)C)c2C1. The Kier molecular flexibility index (Phi) is 5.07. The summed E-state index contributed by atoms with van der Waals surface area (Å²) in [6, 6.07) is 8.58. The number of hydrogen-bond donors (Lipinski definition) is 1. The predicted molar refractivity (Wildman–Crippen MR) is 111 cm³/mol. The summed E-state index contributed by atoms with van der Waals surface area (Å²) in [5.41, 5.74) is 4.89. The van der Waals surface area contributed by atoms with Crippen molar-refractivity contribution in [2.75, 3.05) is 43.5 Å². The molecule has 0 atom stereocenters. The van der Waals surface area contributed by atoms with E-state index in [1.165, 1.54) is 11.1 Å². The van der Waals surface area contributed by atoms with Gasteiger partial charge in [-0.05, 0) is 24.5 Å². The van der Waals surface area contributed by atoms with Crippen LogP contribution >= 0.6 is 0 Å². The molecule has 0 bridgehead atoms. The van der Waals surface area contributed by atoms with Gasteiger partial charge in [0, 0.05) is 52.3 Å². The number of nitrogens with zero attached hydrogens (tertiary/aromatic N) is 5. The van der Waals surface area contributed by atoms with Crippen LogP contribution in [0.2, 0.25) is 0 Å². The van der Waals surface area contributed by atoms with Crippen LogP contribution < -0.4 is 15.1 Å². The van der Waals surface area contributed by atoms with Crippen LogP contribution in [-0.2, 0) is 25.9 Å². The molecule has 28 heavy (non-hydrogen) atoms. The van der Waals surface area contributed by atoms with Gasteiger partial charge in [0.2, 0.25) is 5.95 Å². The minimum atomic E-state index is -0.0189. The minimum absolute atomic E-state index is 0.0189. The summed E-state index contributed by atoms with van der Waals surface area (Å²) in [5.74, 6) is 1.70. The maximum absolute atomic E-state index is 12.3. The summed E-state index contributed by atoms with van der Waals surface area (Å²) in [6.45, 7) is 5.57. The van der Waals surface area contributed by atoms with Crippen LogP contribution in [0.4, 0.5) is 16.6 Å².